The van der Waals surface area contributed by atoms with Crippen molar-refractivity contribution in [3.05, 3.63) is 21.9 Å². The second-order valence-electron chi connectivity index (χ2n) is 5.61. The standard InChI is InChI=1S/C15H27N3S/c1-4-13-5-6-15(19-13)14(11-16)18(3)12-7-9-17(2)10-8-12/h5-6,12,14H,4,7-11,16H2,1-3H3. The van der Waals surface area contributed by atoms with Crippen LogP contribution in [-0.4, -0.2) is 49.6 Å². The highest BCUT2D eigenvalue weighted by atomic mass is 32.1. The first-order chi connectivity index (χ1) is 9.15. The largest absolute Gasteiger partial charge is 0.329 e. The molecule has 0 bridgehead atoms. The molecule has 2 heterocycles. The molecule has 1 aromatic heterocycles. The van der Waals surface area contributed by atoms with Gasteiger partial charge in [0.2, 0.25) is 0 Å². The minimum absolute atomic E-state index is 0.388. The van der Waals surface area contributed by atoms with Crippen molar-refractivity contribution in [1.82, 2.24) is 9.80 Å². The molecule has 0 aromatic carbocycles. The first-order valence-electron chi connectivity index (χ1n) is 7.34. The van der Waals surface area contributed by atoms with Gasteiger partial charge in [0.1, 0.15) is 0 Å². The van der Waals surface area contributed by atoms with Gasteiger partial charge in [-0.1, -0.05) is 6.92 Å². The fourth-order valence-electron chi connectivity index (χ4n) is 2.90. The number of hydrogen-bond acceptors (Lipinski definition) is 4. The molecule has 1 unspecified atom stereocenters. The molecule has 2 N–H and O–H groups in total. The summed E-state index contributed by atoms with van der Waals surface area (Å²) in [4.78, 5) is 7.83. The Balaban J connectivity index is 2.04. The molecule has 1 atom stereocenters. The highest BCUT2D eigenvalue weighted by molar-refractivity contribution is 7.12. The van der Waals surface area contributed by atoms with Crippen LogP contribution in [0.2, 0.25) is 0 Å². The number of rotatable bonds is 5. The van der Waals surface area contributed by atoms with E-state index in [2.05, 4.69) is 43.0 Å². The Labute approximate surface area is 121 Å². The molecule has 0 aliphatic carbocycles. The molecule has 4 heteroatoms. The van der Waals surface area contributed by atoms with E-state index in [0.29, 0.717) is 18.6 Å². The molecular formula is C15H27N3S. The van der Waals surface area contributed by atoms with Crippen molar-refractivity contribution in [3.8, 4) is 0 Å². The summed E-state index contributed by atoms with van der Waals surface area (Å²) in [5.41, 5.74) is 6.04. The highest BCUT2D eigenvalue weighted by Crippen LogP contribution is 2.30. The van der Waals surface area contributed by atoms with Crippen LogP contribution in [0.25, 0.3) is 0 Å². The summed E-state index contributed by atoms with van der Waals surface area (Å²) < 4.78 is 0. The smallest absolute Gasteiger partial charge is 0.0564 e. The Morgan fingerprint density at radius 3 is 2.63 bits per heavy atom. The van der Waals surface area contributed by atoms with Gasteiger partial charge in [-0.25, -0.2) is 0 Å². The second kappa shape index (κ2) is 6.84. The number of thiophene rings is 1. The van der Waals surface area contributed by atoms with Crippen molar-refractivity contribution in [2.24, 2.45) is 5.73 Å². The van der Waals surface area contributed by atoms with E-state index < -0.39 is 0 Å². The minimum atomic E-state index is 0.388. The third kappa shape index (κ3) is 3.57. The summed E-state index contributed by atoms with van der Waals surface area (Å²) >= 11 is 1.93. The number of piperidine rings is 1. The van der Waals surface area contributed by atoms with Crippen molar-refractivity contribution < 1.29 is 0 Å². The predicted octanol–water partition coefficient (Wildman–Crippen LogP) is 2.34. The Morgan fingerprint density at radius 2 is 2.11 bits per heavy atom. The molecule has 0 amide bonds. The van der Waals surface area contributed by atoms with Gasteiger partial charge in [0, 0.05) is 22.3 Å². The van der Waals surface area contributed by atoms with Crippen LogP contribution in [0, 0.1) is 0 Å². The predicted molar refractivity (Wildman–Crippen MR) is 83.8 cm³/mol. The molecule has 3 nitrogen and oxygen atoms in total. The van der Waals surface area contributed by atoms with Crippen molar-refractivity contribution in [3.63, 3.8) is 0 Å². The van der Waals surface area contributed by atoms with Gasteiger partial charge in [-0.3, -0.25) is 4.90 Å². The molecule has 2 rings (SSSR count). The topological polar surface area (TPSA) is 32.5 Å². The maximum atomic E-state index is 6.04. The first-order valence-corrected chi connectivity index (χ1v) is 8.16. The third-order valence-electron chi connectivity index (χ3n) is 4.34. The highest BCUT2D eigenvalue weighted by Gasteiger charge is 2.26. The minimum Gasteiger partial charge on any atom is -0.329 e. The number of nitrogens with two attached hydrogens (primary N) is 1. The Morgan fingerprint density at radius 1 is 1.42 bits per heavy atom. The molecule has 0 spiro atoms. The number of hydrogen-bond donors (Lipinski definition) is 1. The lowest BCUT2D eigenvalue weighted by molar-refractivity contribution is 0.111. The van der Waals surface area contributed by atoms with E-state index in [0.717, 1.165) is 6.42 Å². The maximum Gasteiger partial charge on any atom is 0.0564 e. The van der Waals surface area contributed by atoms with Crippen LogP contribution in [0.4, 0.5) is 0 Å². The van der Waals surface area contributed by atoms with Crippen LogP contribution >= 0.6 is 11.3 Å². The van der Waals surface area contributed by atoms with Gasteiger partial charge >= 0.3 is 0 Å². The van der Waals surface area contributed by atoms with Gasteiger partial charge in [-0.15, -0.1) is 11.3 Å². The van der Waals surface area contributed by atoms with Gasteiger partial charge in [0.25, 0.3) is 0 Å². The van der Waals surface area contributed by atoms with Gasteiger partial charge in [0.15, 0.2) is 0 Å². The zero-order valence-electron chi connectivity index (χ0n) is 12.4. The normalized spacial score (nSPS) is 20.1. The number of aryl methyl sites for hydroxylation is 1. The Bertz CT molecular complexity index is 382. The van der Waals surface area contributed by atoms with Crippen LogP contribution in [0.5, 0.6) is 0 Å². The lowest BCUT2D eigenvalue weighted by Gasteiger charge is -2.38. The third-order valence-corrected chi connectivity index (χ3v) is 5.67. The van der Waals surface area contributed by atoms with E-state index in [1.807, 2.05) is 11.3 Å². The van der Waals surface area contributed by atoms with E-state index >= 15 is 0 Å². The summed E-state index contributed by atoms with van der Waals surface area (Å²) in [7, 11) is 4.46. The van der Waals surface area contributed by atoms with Gasteiger partial charge < -0.3 is 10.6 Å². The fraction of sp³-hybridized carbons (Fsp3) is 0.733. The molecule has 1 aliphatic rings. The Hall–Kier alpha value is -0.420. The van der Waals surface area contributed by atoms with Gasteiger partial charge in [-0.05, 0) is 58.6 Å². The van der Waals surface area contributed by atoms with E-state index in [1.165, 1.54) is 35.7 Å². The van der Waals surface area contributed by atoms with Crippen molar-refractivity contribution >= 4 is 11.3 Å². The molecule has 108 valence electrons. The van der Waals surface area contributed by atoms with Crippen LogP contribution < -0.4 is 5.73 Å². The second-order valence-corrected chi connectivity index (χ2v) is 6.81. The van der Waals surface area contributed by atoms with E-state index in [4.69, 9.17) is 5.73 Å². The van der Waals surface area contributed by atoms with Crippen LogP contribution in [-0.2, 0) is 6.42 Å². The SMILES string of the molecule is CCc1ccc(C(CN)N(C)C2CCN(C)CC2)s1. The van der Waals surface area contributed by atoms with Crippen molar-refractivity contribution in [2.45, 2.75) is 38.3 Å². The van der Waals surface area contributed by atoms with Crippen molar-refractivity contribution in [2.75, 3.05) is 33.7 Å². The summed E-state index contributed by atoms with van der Waals surface area (Å²) in [6.07, 6.45) is 3.64. The molecule has 19 heavy (non-hydrogen) atoms. The molecule has 0 radical (unpaired) electrons. The van der Waals surface area contributed by atoms with E-state index in [-0.39, 0.29) is 0 Å². The average Bonchev–Trinajstić information content (AvgIpc) is 2.89. The zero-order chi connectivity index (χ0) is 13.8. The van der Waals surface area contributed by atoms with Crippen LogP contribution in [0.3, 0.4) is 0 Å². The lowest BCUT2D eigenvalue weighted by atomic mass is 10.0. The maximum absolute atomic E-state index is 6.04. The summed E-state index contributed by atoms with van der Waals surface area (Å²) in [6, 6.07) is 5.59. The lowest BCUT2D eigenvalue weighted by Crippen LogP contribution is -2.44. The van der Waals surface area contributed by atoms with Gasteiger partial charge in [-0.2, -0.15) is 0 Å². The fourth-order valence-corrected chi connectivity index (χ4v) is 4.02. The molecule has 1 aromatic rings. The molecule has 0 saturated carbocycles. The molecule has 1 saturated heterocycles. The summed E-state index contributed by atoms with van der Waals surface area (Å²) in [6.45, 7) is 5.34. The Kier molecular flexibility index (Phi) is 5.39. The van der Waals surface area contributed by atoms with Crippen LogP contribution in [0.15, 0.2) is 12.1 Å². The average molecular weight is 281 g/mol. The van der Waals surface area contributed by atoms with Gasteiger partial charge in [0.05, 0.1) is 6.04 Å². The van der Waals surface area contributed by atoms with Crippen molar-refractivity contribution in [1.29, 1.82) is 0 Å². The molecular weight excluding hydrogens is 254 g/mol. The molecule has 1 fully saturated rings. The molecule has 1 aliphatic heterocycles. The number of likely N-dealkylation sites (N-methyl/N-ethyl adjacent to an activating group) is 1. The zero-order valence-corrected chi connectivity index (χ0v) is 13.2. The first kappa shape index (κ1) is 15.0. The summed E-state index contributed by atoms with van der Waals surface area (Å²) in [5.74, 6) is 0. The van der Waals surface area contributed by atoms with E-state index in [9.17, 15) is 0 Å². The van der Waals surface area contributed by atoms with E-state index in [1.54, 1.807) is 0 Å². The number of nitrogens with zero attached hydrogens (tertiary/aromatic N) is 2. The quantitative estimate of drug-likeness (QED) is 0.899. The monoisotopic (exact) mass is 281 g/mol. The van der Waals surface area contributed by atoms with Crippen LogP contribution in [0.1, 0.15) is 35.6 Å². The summed E-state index contributed by atoms with van der Waals surface area (Å²) in [5, 5.41) is 0. The number of likely N-dealkylation sites (tertiary alicyclic amines) is 1.